The number of nitrogens with one attached hydrogen (secondary N) is 1. The lowest BCUT2D eigenvalue weighted by atomic mass is 10.1. The Balaban J connectivity index is 1.73. The highest BCUT2D eigenvalue weighted by Crippen LogP contribution is 2.33. The fourth-order valence-corrected chi connectivity index (χ4v) is 3.06. The van der Waals surface area contributed by atoms with Gasteiger partial charge in [-0.25, -0.2) is 0 Å². The first-order valence-corrected chi connectivity index (χ1v) is 9.65. The van der Waals surface area contributed by atoms with Crippen LogP contribution in [0, 0.1) is 0 Å². The van der Waals surface area contributed by atoms with Crippen LogP contribution in [0.4, 0.5) is 5.69 Å². The predicted molar refractivity (Wildman–Crippen MR) is 119 cm³/mol. The summed E-state index contributed by atoms with van der Waals surface area (Å²) in [5.74, 6) is 1.41. The van der Waals surface area contributed by atoms with Crippen LogP contribution in [-0.4, -0.2) is 20.1 Å². The Kier molecular flexibility index (Phi) is 7.35. The van der Waals surface area contributed by atoms with Crippen molar-refractivity contribution in [1.82, 2.24) is 0 Å². The topological polar surface area (TPSA) is 56.8 Å². The van der Waals surface area contributed by atoms with Gasteiger partial charge in [-0.2, -0.15) is 0 Å². The zero-order valence-electron chi connectivity index (χ0n) is 16.7. The first kappa shape index (κ1) is 21.3. The van der Waals surface area contributed by atoms with Gasteiger partial charge < -0.3 is 19.5 Å². The number of hydrogen-bond donors (Lipinski definition) is 1. The van der Waals surface area contributed by atoms with Gasteiger partial charge >= 0.3 is 0 Å². The quantitative estimate of drug-likeness (QED) is 0.480. The summed E-state index contributed by atoms with van der Waals surface area (Å²) in [6.45, 7) is 0.387. The van der Waals surface area contributed by atoms with E-state index >= 15 is 0 Å². The molecular weight excluding hydrogens is 402 g/mol. The van der Waals surface area contributed by atoms with Gasteiger partial charge in [0.25, 0.3) is 0 Å². The normalized spacial score (nSPS) is 10.6. The maximum Gasteiger partial charge on any atom is 0.248 e. The summed E-state index contributed by atoms with van der Waals surface area (Å²) in [7, 11) is 3.12. The minimum absolute atomic E-state index is 0.298. The number of benzene rings is 3. The molecule has 1 N–H and O–H groups in total. The molecule has 1 amide bonds. The minimum atomic E-state index is -0.298. The number of methoxy groups -OCH3 is 2. The lowest BCUT2D eigenvalue weighted by molar-refractivity contribution is -0.111. The van der Waals surface area contributed by atoms with E-state index in [9.17, 15) is 4.79 Å². The Morgan fingerprint density at radius 2 is 1.73 bits per heavy atom. The van der Waals surface area contributed by atoms with Crippen LogP contribution in [0.3, 0.4) is 0 Å². The molecule has 0 unspecified atom stereocenters. The maximum absolute atomic E-state index is 12.4. The number of carbonyl (C=O) groups is 1. The van der Waals surface area contributed by atoms with E-state index in [-0.39, 0.29) is 5.91 Å². The Morgan fingerprint density at radius 1 is 0.967 bits per heavy atom. The van der Waals surface area contributed by atoms with Crippen LogP contribution in [0.5, 0.6) is 17.2 Å². The summed E-state index contributed by atoms with van der Waals surface area (Å²) in [6.07, 6.45) is 3.12. The minimum Gasteiger partial charge on any atom is -0.495 e. The highest BCUT2D eigenvalue weighted by molar-refractivity contribution is 6.32. The van der Waals surface area contributed by atoms with E-state index in [1.807, 2.05) is 48.5 Å². The molecule has 0 atom stereocenters. The van der Waals surface area contributed by atoms with Crippen LogP contribution in [0.2, 0.25) is 5.02 Å². The summed E-state index contributed by atoms with van der Waals surface area (Å²) in [4.78, 5) is 12.4. The van der Waals surface area contributed by atoms with Crippen LogP contribution in [0.15, 0.2) is 72.8 Å². The Morgan fingerprint density at radius 3 is 2.43 bits per heavy atom. The lowest BCUT2D eigenvalue weighted by Gasteiger charge is -2.13. The molecule has 0 saturated carbocycles. The number of para-hydroxylation sites is 1. The molecule has 0 spiro atoms. The van der Waals surface area contributed by atoms with Crippen molar-refractivity contribution in [2.75, 3.05) is 19.5 Å². The maximum atomic E-state index is 12.4. The van der Waals surface area contributed by atoms with Crippen LogP contribution in [0.1, 0.15) is 11.1 Å². The molecule has 0 aromatic heterocycles. The zero-order valence-corrected chi connectivity index (χ0v) is 17.5. The van der Waals surface area contributed by atoms with Crippen LogP contribution < -0.4 is 19.5 Å². The lowest BCUT2D eigenvalue weighted by Crippen LogP contribution is -2.07. The van der Waals surface area contributed by atoms with Crippen molar-refractivity contribution in [2.45, 2.75) is 6.61 Å². The van der Waals surface area contributed by atoms with E-state index in [0.717, 1.165) is 11.1 Å². The van der Waals surface area contributed by atoms with Crippen LogP contribution in [-0.2, 0) is 11.4 Å². The van der Waals surface area contributed by atoms with E-state index in [1.54, 1.807) is 31.4 Å². The van der Waals surface area contributed by atoms with Crippen molar-refractivity contribution in [1.29, 1.82) is 0 Å². The fraction of sp³-hybridized carbons (Fsp3) is 0.125. The standard InChI is InChI=1S/C24H22ClNO4/c1-28-21-13-12-19(15-20(21)25)26-23(27)14-11-18-9-6-10-22(29-2)24(18)30-16-17-7-4-3-5-8-17/h3-15H,16H2,1-2H3,(H,26,27)/b14-11+. The van der Waals surface area contributed by atoms with Gasteiger partial charge in [0, 0.05) is 17.3 Å². The second kappa shape index (κ2) is 10.4. The third-order valence-corrected chi connectivity index (χ3v) is 4.58. The Labute approximate surface area is 180 Å². The fourth-order valence-electron chi connectivity index (χ4n) is 2.80. The summed E-state index contributed by atoms with van der Waals surface area (Å²) >= 11 is 6.10. The van der Waals surface area contributed by atoms with Gasteiger partial charge in [-0.3, -0.25) is 4.79 Å². The smallest absolute Gasteiger partial charge is 0.248 e. The van der Waals surface area contributed by atoms with Gasteiger partial charge in [-0.1, -0.05) is 54.1 Å². The molecule has 0 bridgehead atoms. The van der Waals surface area contributed by atoms with Gasteiger partial charge in [-0.05, 0) is 35.9 Å². The molecule has 0 heterocycles. The largest absolute Gasteiger partial charge is 0.495 e. The Bertz CT molecular complexity index is 1030. The molecule has 5 nitrogen and oxygen atoms in total. The zero-order chi connectivity index (χ0) is 21.3. The molecule has 0 fully saturated rings. The van der Waals surface area contributed by atoms with Crippen molar-refractivity contribution >= 4 is 29.3 Å². The average molecular weight is 424 g/mol. The summed E-state index contributed by atoms with van der Waals surface area (Å²) < 4.78 is 16.5. The van der Waals surface area contributed by atoms with Crippen LogP contribution in [0.25, 0.3) is 6.08 Å². The van der Waals surface area contributed by atoms with Gasteiger partial charge in [0.15, 0.2) is 11.5 Å². The number of ether oxygens (including phenoxy) is 3. The van der Waals surface area contributed by atoms with E-state index < -0.39 is 0 Å². The molecule has 0 radical (unpaired) electrons. The molecule has 3 aromatic rings. The van der Waals surface area contributed by atoms with Crippen molar-refractivity contribution in [3.63, 3.8) is 0 Å². The second-order valence-electron chi connectivity index (χ2n) is 6.32. The number of amides is 1. The van der Waals surface area contributed by atoms with Gasteiger partial charge in [0.05, 0.1) is 19.2 Å². The number of carbonyl (C=O) groups excluding carboxylic acids is 1. The molecule has 3 aromatic carbocycles. The molecule has 0 aliphatic rings. The molecular formula is C24H22ClNO4. The molecule has 0 aliphatic heterocycles. The van der Waals surface area contributed by atoms with Crippen molar-refractivity contribution < 1.29 is 19.0 Å². The summed E-state index contributed by atoms with van der Waals surface area (Å²) in [5.41, 5.74) is 2.34. The number of anilines is 1. The van der Waals surface area contributed by atoms with E-state index in [0.29, 0.717) is 34.6 Å². The number of rotatable bonds is 8. The summed E-state index contributed by atoms with van der Waals surface area (Å²) in [5, 5.41) is 3.19. The molecule has 0 saturated heterocycles. The third-order valence-electron chi connectivity index (χ3n) is 4.29. The predicted octanol–water partition coefficient (Wildman–Crippen LogP) is 5.59. The molecule has 6 heteroatoms. The van der Waals surface area contributed by atoms with E-state index in [2.05, 4.69) is 5.32 Å². The first-order chi connectivity index (χ1) is 14.6. The molecule has 30 heavy (non-hydrogen) atoms. The van der Waals surface area contributed by atoms with E-state index in [1.165, 1.54) is 13.2 Å². The third kappa shape index (κ3) is 5.55. The van der Waals surface area contributed by atoms with E-state index in [4.69, 9.17) is 25.8 Å². The van der Waals surface area contributed by atoms with Gasteiger partial charge in [0.1, 0.15) is 12.4 Å². The number of halogens is 1. The summed E-state index contributed by atoms with van der Waals surface area (Å²) in [6, 6.07) is 20.4. The second-order valence-corrected chi connectivity index (χ2v) is 6.73. The van der Waals surface area contributed by atoms with Crippen molar-refractivity contribution in [3.05, 3.63) is 89.0 Å². The molecule has 3 rings (SSSR count). The van der Waals surface area contributed by atoms with Crippen molar-refractivity contribution in [3.8, 4) is 17.2 Å². The van der Waals surface area contributed by atoms with Crippen molar-refractivity contribution in [2.24, 2.45) is 0 Å². The highest BCUT2D eigenvalue weighted by Gasteiger charge is 2.10. The average Bonchev–Trinajstić information content (AvgIpc) is 2.77. The molecule has 0 aliphatic carbocycles. The van der Waals surface area contributed by atoms with Crippen LogP contribution >= 0.6 is 11.6 Å². The number of hydrogen-bond acceptors (Lipinski definition) is 4. The highest BCUT2D eigenvalue weighted by atomic mass is 35.5. The Hall–Kier alpha value is -3.44. The monoisotopic (exact) mass is 423 g/mol. The van der Waals surface area contributed by atoms with Gasteiger partial charge in [0.2, 0.25) is 5.91 Å². The van der Waals surface area contributed by atoms with Gasteiger partial charge in [-0.15, -0.1) is 0 Å². The SMILES string of the molecule is COc1ccc(NC(=O)/C=C/c2cccc(OC)c2OCc2ccccc2)cc1Cl. The first-order valence-electron chi connectivity index (χ1n) is 9.27. The molecule has 154 valence electrons.